The molecule has 0 N–H and O–H groups in total. The molecule has 6 heteroatoms. The minimum Gasteiger partial charge on any atom is -0.498 e. The van der Waals surface area contributed by atoms with E-state index in [0.717, 1.165) is 19.3 Å². The Labute approximate surface area is 149 Å². The molecule has 2 saturated carbocycles. The van der Waals surface area contributed by atoms with Gasteiger partial charge in [-0.1, -0.05) is 25.3 Å². The first-order valence-electron chi connectivity index (χ1n) is 9.20. The molecule has 2 fully saturated rings. The lowest BCUT2D eigenvalue weighted by Gasteiger charge is -2.55. The lowest BCUT2D eigenvalue weighted by Crippen LogP contribution is -2.52. The summed E-state index contributed by atoms with van der Waals surface area (Å²) in [6.45, 7) is 0. The van der Waals surface area contributed by atoms with Crippen molar-refractivity contribution < 1.29 is 17.9 Å². The van der Waals surface area contributed by atoms with Gasteiger partial charge < -0.3 is 4.74 Å². The van der Waals surface area contributed by atoms with E-state index < -0.39 is 11.6 Å². The van der Waals surface area contributed by atoms with Crippen molar-refractivity contribution in [1.29, 1.82) is 0 Å². The van der Waals surface area contributed by atoms with Crippen LogP contribution in [-0.4, -0.2) is 27.3 Å². The van der Waals surface area contributed by atoms with Gasteiger partial charge in [-0.05, 0) is 72.6 Å². The highest BCUT2D eigenvalue weighted by atomic mass is 19.4. The molecule has 25 heavy (non-hydrogen) atoms. The van der Waals surface area contributed by atoms with Gasteiger partial charge in [0, 0.05) is 0 Å². The molecule has 2 bridgehead atoms. The quantitative estimate of drug-likeness (QED) is 0.723. The van der Waals surface area contributed by atoms with Gasteiger partial charge >= 0.3 is 6.18 Å². The molecule has 1 aromatic rings. The van der Waals surface area contributed by atoms with Crippen LogP contribution in [0.25, 0.3) is 0 Å². The minimum atomic E-state index is -4.83. The van der Waals surface area contributed by atoms with Crippen LogP contribution in [0.5, 0.6) is 5.75 Å². The van der Waals surface area contributed by atoms with Crippen LogP contribution in [0.2, 0.25) is 0 Å². The number of ether oxygens (including phenoxy) is 1. The summed E-state index contributed by atoms with van der Waals surface area (Å²) >= 11 is 0. The highest BCUT2D eigenvalue weighted by Crippen LogP contribution is 2.59. The summed E-state index contributed by atoms with van der Waals surface area (Å²) in [6.07, 6.45) is 4.60. The van der Waals surface area contributed by atoms with Crippen molar-refractivity contribution in [3.05, 3.63) is 29.3 Å². The molecule has 3 atom stereocenters. The van der Waals surface area contributed by atoms with Crippen LogP contribution in [0.3, 0.4) is 0 Å². The Morgan fingerprint density at radius 3 is 2.56 bits per heavy atom. The molecular weight excluding hydrogens is 323 g/mol. The van der Waals surface area contributed by atoms with E-state index >= 15 is 0 Å². The van der Waals surface area contributed by atoms with E-state index in [-0.39, 0.29) is 11.2 Å². The SMILES string of the molecule is [B]C([B])(Oc1ccc2c(c1)[C@]13CCCC[C@@H]1[C@@H](CCC3)C2)C(F)(F)F. The second-order valence-electron chi connectivity index (χ2n) is 8.08. The summed E-state index contributed by atoms with van der Waals surface area (Å²) in [5, 5.41) is -3.17. The van der Waals surface area contributed by atoms with Crippen LogP contribution in [0.4, 0.5) is 13.2 Å². The molecule has 1 nitrogen and oxygen atoms in total. The number of hydrogen-bond donors (Lipinski definition) is 0. The van der Waals surface area contributed by atoms with Crippen molar-refractivity contribution in [1.82, 2.24) is 0 Å². The first-order chi connectivity index (χ1) is 11.7. The molecule has 0 aromatic heterocycles. The van der Waals surface area contributed by atoms with Gasteiger partial charge in [-0.15, -0.1) is 0 Å². The van der Waals surface area contributed by atoms with Crippen molar-refractivity contribution in [2.75, 3.05) is 0 Å². The van der Waals surface area contributed by atoms with Gasteiger partial charge in [-0.3, -0.25) is 0 Å². The lowest BCUT2D eigenvalue weighted by molar-refractivity contribution is -0.185. The van der Waals surface area contributed by atoms with E-state index in [1.165, 1.54) is 43.2 Å². The fourth-order valence-corrected chi connectivity index (χ4v) is 5.65. The summed E-state index contributed by atoms with van der Waals surface area (Å²) in [4.78, 5) is 0. The van der Waals surface area contributed by atoms with Crippen LogP contribution < -0.4 is 4.74 Å². The maximum atomic E-state index is 13.0. The lowest BCUT2D eigenvalue weighted by atomic mass is 9.49. The van der Waals surface area contributed by atoms with E-state index in [9.17, 15) is 13.2 Å². The first kappa shape index (κ1) is 17.4. The van der Waals surface area contributed by atoms with Crippen LogP contribution in [0, 0.1) is 11.8 Å². The Hall–Kier alpha value is -1.06. The normalized spacial score (nSPS) is 31.8. The van der Waals surface area contributed by atoms with Crippen LogP contribution in [0.1, 0.15) is 56.1 Å². The molecule has 4 rings (SSSR count). The van der Waals surface area contributed by atoms with Crippen LogP contribution >= 0.6 is 0 Å². The fraction of sp³-hybridized carbons (Fsp3) is 0.684. The standard InChI is InChI=1S/C19H21B2F3O/c20-18(21,19(22,23)24)25-14-7-6-13-10-12-4-3-9-17(16(13)11-14)8-2-1-5-15(12)17/h6-7,11-12,15H,1-5,8-10H2/t12-,15+,17-/m0/s1. The summed E-state index contributed by atoms with van der Waals surface area (Å²) < 4.78 is 43.8. The Bertz CT molecular complexity index is 669. The predicted molar refractivity (Wildman–Crippen MR) is 92.0 cm³/mol. The molecule has 4 radical (unpaired) electrons. The van der Waals surface area contributed by atoms with E-state index in [1.807, 2.05) is 6.07 Å². The average Bonchev–Trinajstić information content (AvgIpc) is 2.54. The number of alkyl halides is 3. The minimum absolute atomic E-state index is 0.109. The van der Waals surface area contributed by atoms with Crippen molar-refractivity contribution in [2.45, 2.75) is 68.4 Å². The highest BCUT2D eigenvalue weighted by molar-refractivity contribution is 6.40. The average molecular weight is 344 g/mol. The van der Waals surface area contributed by atoms with Crippen molar-refractivity contribution in [3.63, 3.8) is 0 Å². The second-order valence-corrected chi connectivity index (χ2v) is 8.08. The zero-order valence-corrected chi connectivity index (χ0v) is 14.2. The molecular formula is C19H21B2F3O. The molecule has 3 aliphatic carbocycles. The fourth-order valence-electron chi connectivity index (χ4n) is 5.65. The summed E-state index contributed by atoms with van der Waals surface area (Å²) in [5.74, 6) is 1.48. The van der Waals surface area contributed by atoms with Gasteiger partial charge in [-0.25, -0.2) is 0 Å². The molecule has 0 spiro atoms. The summed E-state index contributed by atoms with van der Waals surface area (Å²) in [6, 6.07) is 5.28. The van der Waals surface area contributed by atoms with Gasteiger partial charge in [0.25, 0.3) is 0 Å². The Morgan fingerprint density at radius 2 is 1.80 bits per heavy atom. The van der Waals surface area contributed by atoms with Crippen molar-refractivity contribution >= 4 is 15.7 Å². The molecule has 0 saturated heterocycles. The van der Waals surface area contributed by atoms with Gasteiger partial charge in [0.2, 0.25) is 0 Å². The number of rotatable bonds is 2. The van der Waals surface area contributed by atoms with E-state index in [0.29, 0.717) is 11.8 Å². The Balaban J connectivity index is 1.73. The van der Waals surface area contributed by atoms with Crippen LogP contribution in [0.15, 0.2) is 18.2 Å². The predicted octanol–water partition coefficient (Wildman–Crippen LogP) is 4.40. The summed E-state index contributed by atoms with van der Waals surface area (Å²) in [7, 11) is 10.3. The first-order valence-corrected chi connectivity index (χ1v) is 9.20. The molecule has 3 aliphatic rings. The molecule has 0 heterocycles. The van der Waals surface area contributed by atoms with E-state index in [2.05, 4.69) is 0 Å². The number of hydrogen-bond acceptors (Lipinski definition) is 1. The zero-order chi connectivity index (χ0) is 17.9. The summed E-state index contributed by atoms with van der Waals surface area (Å²) in [5.41, 5.74) is 2.56. The maximum Gasteiger partial charge on any atom is 0.410 e. The van der Waals surface area contributed by atoms with Crippen molar-refractivity contribution in [3.8, 4) is 5.75 Å². The van der Waals surface area contributed by atoms with Gasteiger partial charge in [-0.2, -0.15) is 13.2 Å². The second kappa shape index (κ2) is 5.72. The Morgan fingerprint density at radius 1 is 1.04 bits per heavy atom. The van der Waals surface area contributed by atoms with E-state index in [1.54, 1.807) is 12.1 Å². The zero-order valence-electron chi connectivity index (χ0n) is 14.2. The molecule has 0 aliphatic heterocycles. The third-order valence-corrected chi connectivity index (χ3v) is 6.69. The molecule has 1 aromatic carbocycles. The smallest absolute Gasteiger partial charge is 0.410 e. The Kier molecular flexibility index (Phi) is 3.97. The van der Waals surface area contributed by atoms with Gasteiger partial charge in [0.15, 0.2) is 0 Å². The third-order valence-electron chi connectivity index (χ3n) is 6.69. The largest absolute Gasteiger partial charge is 0.498 e. The van der Waals surface area contributed by atoms with Gasteiger partial charge in [0.05, 0.1) is 0 Å². The molecule has 0 unspecified atom stereocenters. The highest BCUT2D eigenvalue weighted by Gasteiger charge is 2.52. The van der Waals surface area contributed by atoms with Gasteiger partial charge in [0.1, 0.15) is 26.8 Å². The third kappa shape index (κ3) is 2.71. The number of benzene rings is 1. The maximum absolute atomic E-state index is 13.0. The molecule has 0 amide bonds. The van der Waals surface area contributed by atoms with Crippen LogP contribution in [-0.2, 0) is 11.8 Å². The number of fused-ring (bicyclic) bond motifs is 1. The number of halogens is 3. The van der Waals surface area contributed by atoms with Crippen molar-refractivity contribution in [2.24, 2.45) is 11.8 Å². The van der Waals surface area contributed by atoms with E-state index in [4.69, 9.17) is 20.4 Å². The monoisotopic (exact) mass is 344 g/mol. The molecule has 130 valence electrons. The topological polar surface area (TPSA) is 9.23 Å².